The number of hydrogen-bond acceptors (Lipinski definition) is 4. The van der Waals surface area contributed by atoms with E-state index in [1.807, 2.05) is 6.08 Å². The van der Waals surface area contributed by atoms with Crippen molar-refractivity contribution in [1.82, 2.24) is 4.90 Å². The molecule has 3 atom stereocenters. The van der Waals surface area contributed by atoms with Gasteiger partial charge in [0, 0.05) is 11.5 Å². The molecule has 4 heteroatoms. The van der Waals surface area contributed by atoms with Gasteiger partial charge in [0.25, 0.3) is 0 Å². The van der Waals surface area contributed by atoms with Gasteiger partial charge in [0.1, 0.15) is 6.61 Å². The minimum Gasteiger partial charge on any atom is -0.489 e. The number of nitrogens with zero attached hydrogens (tertiary/aromatic N) is 1. The summed E-state index contributed by atoms with van der Waals surface area (Å²) >= 11 is 0. The van der Waals surface area contributed by atoms with Gasteiger partial charge in [0.2, 0.25) is 0 Å². The molecule has 1 saturated heterocycles. The molecule has 4 rings (SSSR count). The van der Waals surface area contributed by atoms with Crippen LogP contribution in [0, 0.1) is 5.92 Å². The van der Waals surface area contributed by atoms with Gasteiger partial charge >= 0.3 is 0 Å². The number of likely N-dealkylation sites (N-methyl/N-ethyl adjacent to an activating group) is 1. The van der Waals surface area contributed by atoms with Gasteiger partial charge in [-0.1, -0.05) is 30.9 Å². The smallest absolute Gasteiger partial charge is 0.161 e. The van der Waals surface area contributed by atoms with E-state index in [0.29, 0.717) is 18.6 Å². The zero-order valence-corrected chi connectivity index (χ0v) is 15.6. The lowest BCUT2D eigenvalue weighted by Gasteiger charge is -2.39. The standard InChI is InChI=1S/C22H29NO3/c1-3-12-25-20-13-17(6-7-19(20)26-15-16-4-5-16)22-9-8-18(24)14-21(22)23(2)11-10-22/h3,6-9,13,16,18,21,24H,1,4-5,10-12,14-15H2,2H3/t18-,21-,22-/m0/s1. The average Bonchev–Trinajstić information content (AvgIpc) is 3.43. The molecule has 140 valence electrons. The second-order valence-corrected chi connectivity index (χ2v) is 7.96. The molecule has 1 aliphatic heterocycles. The van der Waals surface area contributed by atoms with Crippen molar-refractivity contribution < 1.29 is 14.6 Å². The summed E-state index contributed by atoms with van der Waals surface area (Å²) in [6, 6.07) is 6.68. The fourth-order valence-corrected chi connectivity index (χ4v) is 4.36. The maximum absolute atomic E-state index is 10.1. The Kier molecular flexibility index (Phi) is 4.80. The van der Waals surface area contributed by atoms with E-state index in [4.69, 9.17) is 9.47 Å². The van der Waals surface area contributed by atoms with Crippen molar-refractivity contribution in [3.8, 4) is 11.5 Å². The lowest BCUT2D eigenvalue weighted by molar-refractivity contribution is 0.137. The number of aliphatic hydroxyl groups is 1. The molecule has 1 aromatic rings. The fraction of sp³-hybridized carbons (Fsp3) is 0.545. The third kappa shape index (κ3) is 3.28. The molecule has 2 aliphatic carbocycles. The molecule has 1 heterocycles. The average molecular weight is 355 g/mol. The van der Waals surface area contributed by atoms with Crippen molar-refractivity contribution in [3.63, 3.8) is 0 Å². The molecule has 0 aromatic heterocycles. The van der Waals surface area contributed by atoms with Crippen molar-refractivity contribution in [2.75, 3.05) is 26.8 Å². The third-order valence-electron chi connectivity index (χ3n) is 6.09. The first-order chi connectivity index (χ1) is 12.6. The predicted octanol–water partition coefficient (Wildman–Crippen LogP) is 3.30. The normalized spacial score (nSPS) is 30.8. The van der Waals surface area contributed by atoms with Crippen LogP contribution in [0.4, 0.5) is 0 Å². The van der Waals surface area contributed by atoms with Crippen molar-refractivity contribution in [3.05, 3.63) is 48.6 Å². The summed E-state index contributed by atoms with van der Waals surface area (Å²) in [5.74, 6) is 2.32. The molecule has 2 fully saturated rings. The fourth-order valence-electron chi connectivity index (χ4n) is 4.36. The third-order valence-corrected chi connectivity index (χ3v) is 6.09. The van der Waals surface area contributed by atoms with Crippen LogP contribution in [0.25, 0.3) is 0 Å². The lowest BCUT2D eigenvalue weighted by atomic mass is 9.69. The second kappa shape index (κ2) is 7.09. The van der Waals surface area contributed by atoms with E-state index in [2.05, 4.69) is 42.8 Å². The number of aliphatic hydroxyl groups excluding tert-OH is 1. The van der Waals surface area contributed by atoms with Gasteiger partial charge in [-0.05, 0) is 62.9 Å². The second-order valence-electron chi connectivity index (χ2n) is 7.96. The molecule has 3 aliphatic rings. The van der Waals surface area contributed by atoms with Crippen LogP contribution in [0.3, 0.4) is 0 Å². The summed E-state index contributed by atoms with van der Waals surface area (Å²) in [6.07, 6.45) is 9.95. The monoisotopic (exact) mass is 355 g/mol. The quantitative estimate of drug-likeness (QED) is 0.762. The molecule has 1 N–H and O–H groups in total. The topological polar surface area (TPSA) is 41.9 Å². The van der Waals surface area contributed by atoms with Gasteiger partial charge in [-0.3, -0.25) is 0 Å². The number of fused-ring (bicyclic) bond motifs is 1. The van der Waals surface area contributed by atoms with Gasteiger partial charge < -0.3 is 19.5 Å². The van der Waals surface area contributed by atoms with Gasteiger partial charge in [0.05, 0.1) is 12.7 Å². The Bertz CT molecular complexity index is 697. The largest absolute Gasteiger partial charge is 0.489 e. The van der Waals surface area contributed by atoms with Crippen LogP contribution in [0.2, 0.25) is 0 Å². The van der Waals surface area contributed by atoms with Crippen LogP contribution < -0.4 is 9.47 Å². The van der Waals surface area contributed by atoms with Crippen LogP contribution >= 0.6 is 0 Å². The lowest BCUT2D eigenvalue weighted by Crippen LogP contribution is -2.44. The zero-order chi connectivity index (χ0) is 18.1. The summed E-state index contributed by atoms with van der Waals surface area (Å²) < 4.78 is 12.0. The summed E-state index contributed by atoms with van der Waals surface area (Å²) in [4.78, 5) is 2.37. The van der Waals surface area contributed by atoms with E-state index in [1.165, 1.54) is 18.4 Å². The first-order valence-corrected chi connectivity index (χ1v) is 9.71. The van der Waals surface area contributed by atoms with E-state index in [-0.39, 0.29) is 11.5 Å². The van der Waals surface area contributed by atoms with Crippen LogP contribution in [0.15, 0.2) is 43.0 Å². The molecular formula is C22H29NO3. The van der Waals surface area contributed by atoms with Crippen molar-refractivity contribution in [2.45, 2.75) is 43.2 Å². The summed E-state index contributed by atoms with van der Waals surface area (Å²) in [5.41, 5.74) is 1.18. The molecule has 0 unspecified atom stereocenters. The van der Waals surface area contributed by atoms with E-state index in [0.717, 1.165) is 37.5 Å². The summed E-state index contributed by atoms with van der Waals surface area (Å²) in [7, 11) is 2.15. The van der Waals surface area contributed by atoms with Crippen LogP contribution in [0.1, 0.15) is 31.2 Å². The van der Waals surface area contributed by atoms with Crippen LogP contribution in [0.5, 0.6) is 11.5 Å². The Labute approximate surface area is 156 Å². The molecule has 0 spiro atoms. The maximum Gasteiger partial charge on any atom is 0.161 e. The van der Waals surface area contributed by atoms with E-state index >= 15 is 0 Å². The highest BCUT2D eigenvalue weighted by Crippen LogP contribution is 2.47. The molecular weight excluding hydrogens is 326 g/mol. The zero-order valence-electron chi connectivity index (χ0n) is 15.6. The van der Waals surface area contributed by atoms with E-state index in [9.17, 15) is 5.11 Å². The Morgan fingerprint density at radius 1 is 1.31 bits per heavy atom. The van der Waals surface area contributed by atoms with Crippen molar-refractivity contribution in [1.29, 1.82) is 0 Å². The number of benzene rings is 1. The van der Waals surface area contributed by atoms with Gasteiger partial charge in [-0.2, -0.15) is 0 Å². The Morgan fingerprint density at radius 2 is 2.15 bits per heavy atom. The van der Waals surface area contributed by atoms with Crippen molar-refractivity contribution in [2.24, 2.45) is 5.92 Å². The minimum atomic E-state index is -0.355. The molecule has 0 bridgehead atoms. The predicted molar refractivity (Wildman–Crippen MR) is 103 cm³/mol. The maximum atomic E-state index is 10.1. The summed E-state index contributed by atoms with van der Waals surface area (Å²) in [5, 5.41) is 10.1. The number of rotatable bonds is 7. The van der Waals surface area contributed by atoms with Gasteiger partial charge in [0.15, 0.2) is 11.5 Å². The van der Waals surface area contributed by atoms with E-state index < -0.39 is 0 Å². The highest BCUT2D eigenvalue weighted by molar-refractivity contribution is 5.49. The Morgan fingerprint density at radius 3 is 2.92 bits per heavy atom. The molecule has 1 saturated carbocycles. The highest BCUT2D eigenvalue weighted by atomic mass is 16.5. The number of hydrogen-bond donors (Lipinski definition) is 1. The molecule has 26 heavy (non-hydrogen) atoms. The van der Waals surface area contributed by atoms with Crippen molar-refractivity contribution >= 4 is 0 Å². The number of likely N-dealkylation sites (tertiary alicyclic amines) is 1. The van der Waals surface area contributed by atoms with Crippen LogP contribution in [-0.2, 0) is 5.41 Å². The highest BCUT2D eigenvalue weighted by Gasteiger charge is 2.48. The first-order valence-electron chi connectivity index (χ1n) is 9.71. The Hall–Kier alpha value is -1.78. The Balaban J connectivity index is 1.66. The SMILES string of the molecule is C=CCOc1cc([C@@]23C=C[C@H](O)C[C@@H]2N(C)CC3)ccc1OCC1CC1. The van der Waals surface area contributed by atoms with Crippen LogP contribution in [-0.4, -0.2) is 49.0 Å². The van der Waals surface area contributed by atoms with Gasteiger partial charge in [-0.25, -0.2) is 0 Å². The van der Waals surface area contributed by atoms with Gasteiger partial charge in [-0.15, -0.1) is 0 Å². The molecule has 1 aromatic carbocycles. The molecule has 4 nitrogen and oxygen atoms in total. The first kappa shape index (κ1) is 17.6. The summed E-state index contributed by atoms with van der Waals surface area (Å²) in [6.45, 7) is 6.03. The minimum absolute atomic E-state index is 0.0602. The number of ether oxygens (including phenoxy) is 2. The molecule has 0 radical (unpaired) electrons. The van der Waals surface area contributed by atoms with E-state index in [1.54, 1.807) is 6.08 Å². The molecule has 0 amide bonds.